The van der Waals surface area contributed by atoms with Gasteiger partial charge in [0.25, 0.3) is 5.69 Å². The maximum Gasteiger partial charge on any atom is 0.275 e. The molecule has 0 saturated carbocycles. The first-order valence-electron chi connectivity index (χ1n) is 7.70. The van der Waals surface area contributed by atoms with Crippen molar-refractivity contribution in [3.05, 3.63) is 80.1 Å². The van der Waals surface area contributed by atoms with Crippen LogP contribution in [0, 0.1) is 20.2 Å². The lowest BCUT2D eigenvalue weighted by Gasteiger charge is -2.27. The van der Waals surface area contributed by atoms with Crippen LogP contribution in [0.4, 0.5) is 5.69 Å². The largest absolute Gasteiger partial charge is 0.388 e. The zero-order valence-electron chi connectivity index (χ0n) is 13.9. The monoisotopic (exact) mass is 345 g/mol. The minimum absolute atomic E-state index is 0.0111. The van der Waals surface area contributed by atoms with Gasteiger partial charge in [0.05, 0.1) is 16.6 Å². The van der Waals surface area contributed by atoms with Crippen molar-refractivity contribution >= 4 is 5.69 Å². The highest BCUT2D eigenvalue weighted by Gasteiger charge is 2.39. The Kier molecular flexibility index (Phi) is 5.43. The molecule has 2 aromatic rings. The molecule has 2 atom stereocenters. The second-order valence-corrected chi connectivity index (χ2v) is 6.42. The van der Waals surface area contributed by atoms with E-state index < -0.39 is 27.4 Å². The van der Waals surface area contributed by atoms with Crippen LogP contribution < -0.4 is 0 Å². The lowest BCUT2D eigenvalue weighted by Crippen LogP contribution is -2.34. The number of nitrogens with zero attached hydrogens (tertiary/aromatic N) is 3. The van der Waals surface area contributed by atoms with E-state index in [1.54, 1.807) is 18.2 Å². The van der Waals surface area contributed by atoms with Gasteiger partial charge < -0.3 is 5.11 Å². The van der Waals surface area contributed by atoms with Crippen LogP contribution in [0.3, 0.4) is 0 Å². The molecule has 0 radical (unpaired) electrons. The van der Waals surface area contributed by atoms with Crippen molar-refractivity contribution in [1.82, 2.24) is 4.98 Å². The topological polar surface area (TPSA) is 119 Å². The summed E-state index contributed by atoms with van der Waals surface area (Å²) in [6, 6.07) is 9.18. The minimum atomic E-state index is -1.31. The number of aliphatic hydroxyl groups is 1. The van der Waals surface area contributed by atoms with Crippen molar-refractivity contribution in [2.75, 3.05) is 0 Å². The number of para-hydroxylation sites is 1. The highest BCUT2D eigenvalue weighted by atomic mass is 16.6. The SMILES string of the molecule is CC(C)(CC(c1ccncc1)C(O)c1ccccc1[N+](=O)[O-])[N+](=O)[O-]. The fourth-order valence-electron chi connectivity index (χ4n) is 2.76. The van der Waals surface area contributed by atoms with E-state index in [9.17, 15) is 25.3 Å². The molecule has 0 fully saturated rings. The van der Waals surface area contributed by atoms with E-state index in [1.165, 1.54) is 44.4 Å². The molecule has 0 aliphatic rings. The quantitative estimate of drug-likeness (QED) is 0.607. The maximum atomic E-state index is 11.3. The van der Waals surface area contributed by atoms with Crippen LogP contribution in [-0.2, 0) is 0 Å². The second-order valence-electron chi connectivity index (χ2n) is 6.42. The van der Waals surface area contributed by atoms with Gasteiger partial charge in [-0.25, -0.2) is 0 Å². The lowest BCUT2D eigenvalue weighted by molar-refractivity contribution is -0.562. The van der Waals surface area contributed by atoms with Gasteiger partial charge in [-0.15, -0.1) is 0 Å². The number of nitro groups is 2. The van der Waals surface area contributed by atoms with Gasteiger partial charge >= 0.3 is 0 Å². The molecule has 1 heterocycles. The molecule has 1 aromatic carbocycles. The molecule has 0 spiro atoms. The highest BCUT2D eigenvalue weighted by Crippen LogP contribution is 2.40. The summed E-state index contributed by atoms with van der Waals surface area (Å²) in [5, 5.41) is 33.4. The third kappa shape index (κ3) is 4.16. The van der Waals surface area contributed by atoms with E-state index in [0.717, 1.165) is 0 Å². The van der Waals surface area contributed by atoms with Crippen molar-refractivity contribution in [3.63, 3.8) is 0 Å². The molecule has 0 aliphatic carbocycles. The van der Waals surface area contributed by atoms with E-state index in [2.05, 4.69) is 4.98 Å². The number of rotatable bonds is 7. The van der Waals surface area contributed by atoms with E-state index in [-0.39, 0.29) is 17.7 Å². The van der Waals surface area contributed by atoms with Crippen LogP contribution in [0.5, 0.6) is 0 Å². The molecule has 0 bridgehead atoms. The summed E-state index contributed by atoms with van der Waals surface area (Å²) in [5.41, 5.74) is -0.754. The summed E-state index contributed by atoms with van der Waals surface area (Å²) in [4.78, 5) is 25.5. The zero-order valence-corrected chi connectivity index (χ0v) is 13.9. The van der Waals surface area contributed by atoms with Gasteiger partial charge in [0.2, 0.25) is 5.54 Å². The summed E-state index contributed by atoms with van der Waals surface area (Å²) in [5.74, 6) is -0.690. The molecule has 0 saturated heterocycles. The Labute approximate surface area is 144 Å². The summed E-state index contributed by atoms with van der Waals surface area (Å²) >= 11 is 0. The van der Waals surface area contributed by atoms with Gasteiger partial charge in [0.15, 0.2) is 0 Å². The lowest BCUT2D eigenvalue weighted by atomic mass is 9.80. The predicted molar refractivity (Wildman–Crippen MR) is 90.7 cm³/mol. The standard InChI is InChI=1S/C17H19N3O5/c1-17(2,20(24)25)11-14(12-7-9-18-10-8-12)16(21)13-5-3-4-6-15(13)19(22)23/h3-10,14,16,21H,11H2,1-2H3. The molecule has 8 heteroatoms. The Bertz CT molecular complexity index is 764. The number of pyridine rings is 1. The molecule has 1 N–H and O–H groups in total. The average Bonchev–Trinajstić information content (AvgIpc) is 2.59. The minimum Gasteiger partial charge on any atom is -0.388 e. The molecule has 1 aromatic heterocycles. The van der Waals surface area contributed by atoms with Crippen molar-refractivity contribution in [2.45, 2.75) is 37.8 Å². The maximum absolute atomic E-state index is 11.3. The van der Waals surface area contributed by atoms with Crippen LogP contribution in [-0.4, -0.2) is 25.5 Å². The number of aromatic nitrogens is 1. The molecule has 0 aliphatic heterocycles. The van der Waals surface area contributed by atoms with Crippen LogP contribution in [0.1, 0.15) is 43.4 Å². The van der Waals surface area contributed by atoms with Gasteiger partial charge in [-0.2, -0.15) is 0 Å². The number of hydrogen-bond donors (Lipinski definition) is 1. The Morgan fingerprint density at radius 1 is 1.12 bits per heavy atom. The van der Waals surface area contributed by atoms with Crippen LogP contribution in [0.25, 0.3) is 0 Å². The van der Waals surface area contributed by atoms with Crippen molar-refractivity contribution < 1.29 is 15.0 Å². The summed E-state index contributed by atoms with van der Waals surface area (Å²) in [6.45, 7) is 2.93. The van der Waals surface area contributed by atoms with E-state index in [0.29, 0.717) is 5.56 Å². The molecular weight excluding hydrogens is 326 g/mol. The number of benzene rings is 1. The predicted octanol–water partition coefficient (Wildman–Crippen LogP) is 3.25. The van der Waals surface area contributed by atoms with Crippen LogP contribution in [0.15, 0.2) is 48.8 Å². The third-order valence-electron chi connectivity index (χ3n) is 4.18. The van der Waals surface area contributed by atoms with E-state index >= 15 is 0 Å². The molecule has 2 unspecified atom stereocenters. The zero-order chi connectivity index (χ0) is 18.6. The fraction of sp³-hybridized carbons (Fsp3) is 0.353. The van der Waals surface area contributed by atoms with Gasteiger partial charge in [-0.05, 0) is 23.8 Å². The summed E-state index contributed by atoms with van der Waals surface area (Å²) in [6.07, 6.45) is 1.79. The molecular formula is C17H19N3O5. The molecule has 0 amide bonds. The Morgan fingerprint density at radius 3 is 2.28 bits per heavy atom. The van der Waals surface area contributed by atoms with Crippen molar-refractivity contribution in [2.24, 2.45) is 0 Å². The molecule has 2 rings (SSSR count). The van der Waals surface area contributed by atoms with Crippen LogP contribution in [0.2, 0.25) is 0 Å². The Hall–Kier alpha value is -2.87. The number of nitro benzene ring substituents is 1. The first kappa shape index (κ1) is 18.5. The van der Waals surface area contributed by atoms with Crippen LogP contribution >= 0.6 is 0 Å². The number of aliphatic hydroxyl groups excluding tert-OH is 1. The first-order chi connectivity index (χ1) is 11.7. The van der Waals surface area contributed by atoms with Gasteiger partial charge in [-0.3, -0.25) is 25.2 Å². The normalized spacial score (nSPS) is 13.9. The molecule has 132 valence electrons. The summed E-state index contributed by atoms with van der Waals surface area (Å²) < 4.78 is 0. The second kappa shape index (κ2) is 7.35. The Balaban J connectivity index is 2.49. The average molecular weight is 345 g/mol. The van der Waals surface area contributed by atoms with Crippen molar-refractivity contribution in [3.8, 4) is 0 Å². The third-order valence-corrected chi connectivity index (χ3v) is 4.18. The first-order valence-corrected chi connectivity index (χ1v) is 7.70. The van der Waals surface area contributed by atoms with Gasteiger partial charge in [0.1, 0.15) is 0 Å². The van der Waals surface area contributed by atoms with Gasteiger partial charge in [0, 0.05) is 49.6 Å². The molecule has 25 heavy (non-hydrogen) atoms. The fourth-order valence-corrected chi connectivity index (χ4v) is 2.76. The Morgan fingerprint density at radius 2 is 1.72 bits per heavy atom. The molecule has 8 nitrogen and oxygen atoms in total. The smallest absolute Gasteiger partial charge is 0.275 e. The summed E-state index contributed by atoms with van der Waals surface area (Å²) in [7, 11) is 0. The van der Waals surface area contributed by atoms with E-state index in [4.69, 9.17) is 0 Å². The van der Waals surface area contributed by atoms with Crippen molar-refractivity contribution in [1.29, 1.82) is 0 Å². The van der Waals surface area contributed by atoms with E-state index in [1.807, 2.05) is 0 Å². The number of hydrogen-bond acceptors (Lipinski definition) is 6. The highest BCUT2D eigenvalue weighted by molar-refractivity contribution is 5.43. The van der Waals surface area contributed by atoms with Gasteiger partial charge in [-0.1, -0.05) is 12.1 Å².